The lowest BCUT2D eigenvalue weighted by Gasteiger charge is -2.03. The topological polar surface area (TPSA) is 13.1 Å². The van der Waals surface area contributed by atoms with E-state index in [1.807, 2.05) is 6.07 Å². The molecule has 22 heavy (non-hydrogen) atoms. The van der Waals surface area contributed by atoms with E-state index < -0.39 is 0 Å². The number of hydrogen-bond acceptors (Lipinski definition) is 1. The van der Waals surface area contributed by atoms with Gasteiger partial charge in [-0.15, -0.1) is 17.0 Å². The maximum absolute atomic E-state index is 5.35. The fraction of sp³-hybridized carbons (Fsp3) is 0.800. The molecule has 0 unspecified atom stereocenters. The predicted octanol–water partition coefficient (Wildman–Crippen LogP) is 7.88. The van der Waals surface area contributed by atoms with E-state index in [0.29, 0.717) is 0 Å². The normalized spacial score (nSPS) is 10.6. The van der Waals surface area contributed by atoms with Gasteiger partial charge in [0.15, 0.2) is 0 Å². The molecule has 0 bridgehead atoms. The van der Waals surface area contributed by atoms with E-state index in [1.165, 1.54) is 89.9 Å². The zero-order valence-electron chi connectivity index (χ0n) is 14.7. The maximum atomic E-state index is 5.35. The first-order valence-electron chi connectivity index (χ1n) is 9.46. The monoisotopic (exact) mass is 372 g/mol. The largest absolute Gasteiger partial charge is 0.469 e. The summed E-state index contributed by atoms with van der Waals surface area (Å²) in [5.41, 5.74) is 0. The van der Waals surface area contributed by atoms with Gasteiger partial charge in [0.1, 0.15) is 5.76 Å². The summed E-state index contributed by atoms with van der Waals surface area (Å²) in [6.45, 7) is 2.29. The van der Waals surface area contributed by atoms with Gasteiger partial charge in [-0.3, -0.25) is 0 Å². The molecular weight excluding hydrogens is 336 g/mol. The van der Waals surface area contributed by atoms with Gasteiger partial charge in [-0.1, -0.05) is 90.4 Å². The van der Waals surface area contributed by atoms with Crippen molar-refractivity contribution in [2.24, 2.45) is 0 Å². The van der Waals surface area contributed by atoms with Crippen LogP contribution in [0.2, 0.25) is 0 Å². The van der Waals surface area contributed by atoms with Crippen LogP contribution in [0.4, 0.5) is 0 Å². The van der Waals surface area contributed by atoms with Crippen molar-refractivity contribution in [1.29, 1.82) is 0 Å². The highest BCUT2D eigenvalue weighted by Crippen LogP contribution is 2.13. The minimum Gasteiger partial charge on any atom is -0.469 e. The highest BCUT2D eigenvalue weighted by Gasteiger charge is 1.96. The SMILES string of the molecule is Br.CCCCCCCCCCCCCCCCc1ccco1. The van der Waals surface area contributed by atoms with Crippen molar-refractivity contribution in [3.05, 3.63) is 24.2 Å². The smallest absolute Gasteiger partial charge is 0.103 e. The number of halogens is 1. The summed E-state index contributed by atoms with van der Waals surface area (Å²) < 4.78 is 5.35. The molecule has 0 fully saturated rings. The molecule has 0 radical (unpaired) electrons. The van der Waals surface area contributed by atoms with Crippen LogP contribution in [0, 0.1) is 0 Å². The Hall–Kier alpha value is -0.240. The Labute approximate surface area is 149 Å². The standard InChI is InChI=1S/C20H36O.BrH/c1-2-3-4-5-6-7-8-9-10-11-12-13-14-15-17-20-18-16-19-21-20;/h16,18-19H,2-15,17H2,1H3;1H. The second-order valence-corrected chi connectivity index (χ2v) is 6.43. The van der Waals surface area contributed by atoms with Crippen molar-refractivity contribution in [3.63, 3.8) is 0 Å². The zero-order chi connectivity index (χ0) is 15.0. The summed E-state index contributed by atoms with van der Waals surface area (Å²) in [6.07, 6.45) is 22.8. The van der Waals surface area contributed by atoms with Crippen LogP contribution in [-0.2, 0) is 6.42 Å². The van der Waals surface area contributed by atoms with Crippen molar-refractivity contribution in [2.45, 2.75) is 103 Å². The van der Waals surface area contributed by atoms with Crippen LogP contribution >= 0.6 is 17.0 Å². The highest BCUT2D eigenvalue weighted by molar-refractivity contribution is 8.93. The van der Waals surface area contributed by atoms with Crippen LogP contribution in [0.5, 0.6) is 0 Å². The van der Waals surface area contributed by atoms with Gasteiger partial charge in [0.2, 0.25) is 0 Å². The molecule has 1 heterocycles. The lowest BCUT2D eigenvalue weighted by atomic mass is 10.0. The molecular formula is C20H37BrO. The number of unbranched alkanes of at least 4 members (excludes halogenated alkanes) is 13. The first-order chi connectivity index (χ1) is 10.4. The molecule has 1 nitrogen and oxygen atoms in total. The van der Waals surface area contributed by atoms with Crippen molar-refractivity contribution >= 4 is 17.0 Å². The molecule has 1 aromatic heterocycles. The van der Waals surface area contributed by atoms with Gasteiger partial charge in [0.05, 0.1) is 6.26 Å². The van der Waals surface area contributed by atoms with Crippen LogP contribution in [0.25, 0.3) is 0 Å². The zero-order valence-corrected chi connectivity index (χ0v) is 16.4. The third kappa shape index (κ3) is 13.4. The van der Waals surface area contributed by atoms with Crippen molar-refractivity contribution < 1.29 is 4.42 Å². The van der Waals surface area contributed by atoms with Crippen LogP contribution in [0.1, 0.15) is 103 Å². The molecule has 1 rings (SSSR count). The van der Waals surface area contributed by atoms with Crippen molar-refractivity contribution in [1.82, 2.24) is 0 Å². The number of furan rings is 1. The average molecular weight is 373 g/mol. The van der Waals surface area contributed by atoms with Crippen molar-refractivity contribution in [2.75, 3.05) is 0 Å². The minimum absolute atomic E-state index is 0. The summed E-state index contributed by atoms with van der Waals surface area (Å²) in [7, 11) is 0. The average Bonchev–Trinajstić information content (AvgIpc) is 3.01. The molecule has 0 aliphatic heterocycles. The summed E-state index contributed by atoms with van der Waals surface area (Å²) in [5.74, 6) is 1.15. The molecule has 0 aromatic carbocycles. The number of rotatable bonds is 15. The second-order valence-electron chi connectivity index (χ2n) is 6.43. The molecule has 0 saturated heterocycles. The second kappa shape index (κ2) is 17.1. The molecule has 0 aliphatic rings. The lowest BCUT2D eigenvalue weighted by Crippen LogP contribution is -1.85. The van der Waals surface area contributed by atoms with Crippen molar-refractivity contribution in [3.8, 4) is 0 Å². The van der Waals surface area contributed by atoms with E-state index in [0.717, 1.165) is 12.2 Å². The van der Waals surface area contributed by atoms with Crippen LogP contribution in [0.3, 0.4) is 0 Å². The van der Waals surface area contributed by atoms with Crippen LogP contribution in [-0.4, -0.2) is 0 Å². The summed E-state index contributed by atoms with van der Waals surface area (Å²) >= 11 is 0. The van der Waals surface area contributed by atoms with E-state index in [-0.39, 0.29) is 17.0 Å². The molecule has 0 saturated carbocycles. The quantitative estimate of drug-likeness (QED) is 0.285. The van der Waals surface area contributed by atoms with Gasteiger partial charge in [-0.25, -0.2) is 0 Å². The molecule has 0 N–H and O–H groups in total. The molecule has 0 spiro atoms. The molecule has 130 valence electrons. The maximum Gasteiger partial charge on any atom is 0.103 e. The molecule has 2 heteroatoms. The fourth-order valence-electron chi connectivity index (χ4n) is 2.95. The third-order valence-corrected chi connectivity index (χ3v) is 4.36. The fourth-order valence-corrected chi connectivity index (χ4v) is 2.95. The van der Waals surface area contributed by atoms with E-state index in [9.17, 15) is 0 Å². The Balaban J connectivity index is 0.00000441. The Morgan fingerprint density at radius 2 is 1.14 bits per heavy atom. The Morgan fingerprint density at radius 3 is 1.55 bits per heavy atom. The van der Waals surface area contributed by atoms with Gasteiger partial charge in [-0.2, -0.15) is 0 Å². The van der Waals surface area contributed by atoms with Gasteiger partial charge < -0.3 is 4.42 Å². The summed E-state index contributed by atoms with van der Waals surface area (Å²) in [6, 6.07) is 4.07. The van der Waals surface area contributed by atoms with Gasteiger partial charge >= 0.3 is 0 Å². The Kier molecular flexibility index (Phi) is 16.9. The first kappa shape index (κ1) is 21.8. The van der Waals surface area contributed by atoms with Gasteiger partial charge in [0.25, 0.3) is 0 Å². The molecule has 1 aromatic rings. The van der Waals surface area contributed by atoms with E-state index in [2.05, 4.69) is 13.0 Å². The summed E-state index contributed by atoms with van der Waals surface area (Å²) in [4.78, 5) is 0. The summed E-state index contributed by atoms with van der Waals surface area (Å²) in [5, 5.41) is 0. The number of hydrogen-bond donors (Lipinski definition) is 0. The van der Waals surface area contributed by atoms with E-state index in [4.69, 9.17) is 4.42 Å². The minimum atomic E-state index is 0. The predicted molar refractivity (Wildman–Crippen MR) is 103 cm³/mol. The van der Waals surface area contributed by atoms with E-state index >= 15 is 0 Å². The third-order valence-electron chi connectivity index (χ3n) is 4.36. The molecule has 0 amide bonds. The Morgan fingerprint density at radius 1 is 0.682 bits per heavy atom. The van der Waals surface area contributed by atoms with Crippen LogP contribution in [0.15, 0.2) is 22.8 Å². The molecule has 0 atom stereocenters. The van der Waals surface area contributed by atoms with Gasteiger partial charge in [-0.05, 0) is 18.6 Å². The Bertz CT molecular complexity index is 295. The lowest BCUT2D eigenvalue weighted by molar-refractivity contribution is 0.489. The van der Waals surface area contributed by atoms with E-state index in [1.54, 1.807) is 6.26 Å². The molecule has 0 aliphatic carbocycles. The van der Waals surface area contributed by atoms with Gasteiger partial charge in [0, 0.05) is 6.42 Å². The van der Waals surface area contributed by atoms with Crippen LogP contribution < -0.4 is 0 Å². The number of aryl methyl sites for hydroxylation is 1. The first-order valence-corrected chi connectivity index (χ1v) is 9.46. The highest BCUT2D eigenvalue weighted by atomic mass is 79.9.